The SMILES string of the molecule is COc1cccc(Cc2nnc3n2Cc2c(-c4noc(C5CC5)n4)ncn2-c2ccc(Cl)cc2-3)c1. The molecular weight excluding hydrogens is 466 g/mol. The van der Waals surface area contributed by atoms with Crippen molar-refractivity contribution in [2.24, 2.45) is 0 Å². The molecule has 0 spiro atoms. The Balaban J connectivity index is 1.37. The average molecular weight is 486 g/mol. The van der Waals surface area contributed by atoms with E-state index in [0.29, 0.717) is 41.3 Å². The van der Waals surface area contributed by atoms with Crippen molar-refractivity contribution in [2.75, 3.05) is 7.11 Å². The largest absolute Gasteiger partial charge is 0.497 e. The summed E-state index contributed by atoms with van der Waals surface area (Å²) in [5.41, 5.74) is 4.51. The number of nitrogens with zero attached hydrogens (tertiary/aromatic N) is 7. The van der Waals surface area contributed by atoms with E-state index >= 15 is 0 Å². The monoisotopic (exact) mass is 485 g/mol. The number of hydrogen-bond donors (Lipinski definition) is 0. The van der Waals surface area contributed by atoms with E-state index in [2.05, 4.69) is 35.5 Å². The molecule has 0 bridgehead atoms. The van der Waals surface area contributed by atoms with Crippen LogP contribution in [-0.2, 0) is 13.0 Å². The maximum atomic E-state index is 6.40. The van der Waals surface area contributed by atoms with E-state index in [0.717, 1.165) is 52.7 Å². The molecule has 0 radical (unpaired) electrons. The van der Waals surface area contributed by atoms with Crippen molar-refractivity contribution in [3.05, 3.63) is 76.8 Å². The van der Waals surface area contributed by atoms with Crippen molar-refractivity contribution < 1.29 is 9.26 Å². The number of rotatable bonds is 5. The second kappa shape index (κ2) is 7.78. The summed E-state index contributed by atoms with van der Waals surface area (Å²) in [5.74, 6) is 3.94. The molecule has 174 valence electrons. The minimum absolute atomic E-state index is 0.374. The number of aromatic nitrogens is 7. The summed E-state index contributed by atoms with van der Waals surface area (Å²) in [7, 11) is 1.66. The lowest BCUT2D eigenvalue weighted by Gasteiger charge is -2.09. The minimum Gasteiger partial charge on any atom is -0.497 e. The molecule has 9 nitrogen and oxygen atoms in total. The number of ether oxygens (including phenoxy) is 1. The van der Waals surface area contributed by atoms with Crippen molar-refractivity contribution in [3.63, 3.8) is 0 Å². The van der Waals surface area contributed by atoms with Crippen LogP contribution in [0.3, 0.4) is 0 Å². The Hall–Kier alpha value is -3.98. The van der Waals surface area contributed by atoms with Gasteiger partial charge in [-0.15, -0.1) is 10.2 Å². The molecule has 1 saturated carbocycles. The second-order valence-corrected chi connectivity index (χ2v) is 9.29. The fraction of sp³-hybridized carbons (Fsp3) is 0.240. The van der Waals surface area contributed by atoms with Gasteiger partial charge in [-0.25, -0.2) is 4.98 Å². The Bertz CT molecular complexity index is 1580. The van der Waals surface area contributed by atoms with Crippen molar-refractivity contribution in [2.45, 2.75) is 31.7 Å². The predicted molar refractivity (Wildman–Crippen MR) is 128 cm³/mol. The van der Waals surface area contributed by atoms with E-state index in [1.807, 2.05) is 36.4 Å². The Morgan fingerprint density at radius 2 is 2.06 bits per heavy atom. The molecule has 3 aromatic heterocycles. The molecule has 5 aromatic rings. The van der Waals surface area contributed by atoms with Crippen molar-refractivity contribution >= 4 is 11.6 Å². The maximum Gasteiger partial charge on any atom is 0.230 e. The van der Waals surface area contributed by atoms with Crippen LogP contribution in [0.1, 0.15) is 41.7 Å². The van der Waals surface area contributed by atoms with E-state index < -0.39 is 0 Å². The molecule has 0 saturated heterocycles. The molecule has 0 unspecified atom stereocenters. The van der Waals surface area contributed by atoms with Crippen LogP contribution in [0.2, 0.25) is 5.02 Å². The highest BCUT2D eigenvalue weighted by molar-refractivity contribution is 6.31. The van der Waals surface area contributed by atoms with Gasteiger partial charge in [-0.05, 0) is 48.7 Å². The molecule has 0 N–H and O–H groups in total. The Morgan fingerprint density at radius 3 is 2.91 bits per heavy atom. The number of methoxy groups -OCH3 is 1. The van der Waals surface area contributed by atoms with Crippen molar-refractivity contribution in [1.29, 1.82) is 0 Å². The maximum absolute atomic E-state index is 6.40. The molecule has 4 heterocycles. The van der Waals surface area contributed by atoms with Crippen LogP contribution in [0.25, 0.3) is 28.6 Å². The van der Waals surface area contributed by atoms with Gasteiger partial charge >= 0.3 is 0 Å². The number of fused-ring (bicyclic) bond motifs is 5. The Morgan fingerprint density at radius 1 is 1.14 bits per heavy atom. The van der Waals surface area contributed by atoms with Crippen LogP contribution < -0.4 is 4.74 Å². The first-order chi connectivity index (χ1) is 17.2. The number of benzene rings is 2. The van der Waals surface area contributed by atoms with E-state index in [-0.39, 0.29) is 0 Å². The molecule has 2 aliphatic rings. The molecule has 0 amide bonds. The smallest absolute Gasteiger partial charge is 0.230 e. The molecule has 7 rings (SSSR count). The third kappa shape index (κ3) is 3.42. The zero-order chi connectivity index (χ0) is 23.5. The van der Waals surface area contributed by atoms with Crippen LogP contribution in [0.15, 0.2) is 53.3 Å². The van der Waals surface area contributed by atoms with E-state index in [1.54, 1.807) is 13.4 Å². The van der Waals surface area contributed by atoms with Gasteiger partial charge in [0.2, 0.25) is 11.7 Å². The van der Waals surface area contributed by atoms with Gasteiger partial charge in [0.15, 0.2) is 5.82 Å². The molecule has 2 aromatic carbocycles. The van der Waals surface area contributed by atoms with E-state index in [1.165, 1.54) is 0 Å². The fourth-order valence-corrected chi connectivity index (χ4v) is 4.76. The molecular formula is C25H20ClN7O2. The van der Waals surface area contributed by atoms with Crippen LogP contribution in [0, 0.1) is 0 Å². The van der Waals surface area contributed by atoms with Gasteiger partial charge in [-0.1, -0.05) is 28.9 Å². The van der Waals surface area contributed by atoms with Crippen molar-refractivity contribution in [3.8, 4) is 34.3 Å². The van der Waals surface area contributed by atoms with Crippen LogP contribution in [0.5, 0.6) is 5.75 Å². The predicted octanol–water partition coefficient (Wildman–Crippen LogP) is 4.67. The second-order valence-electron chi connectivity index (χ2n) is 8.86. The van der Waals surface area contributed by atoms with E-state index in [9.17, 15) is 0 Å². The first kappa shape index (κ1) is 20.4. The van der Waals surface area contributed by atoms with Gasteiger partial charge in [0.25, 0.3) is 0 Å². The number of imidazole rings is 1. The standard InChI is InChI=1S/C25H20ClN7O2/c1-34-17-4-2-3-14(9-17)10-21-29-30-24-18-11-16(26)7-8-19(18)33-13-27-22(20(33)12-32(21)24)23-28-25(35-31-23)15-5-6-15/h2-4,7-9,11,13,15H,5-6,10,12H2,1H3. The summed E-state index contributed by atoms with van der Waals surface area (Å²) in [6, 6.07) is 13.7. The zero-order valence-electron chi connectivity index (χ0n) is 18.8. The first-order valence-corrected chi connectivity index (χ1v) is 11.8. The molecule has 35 heavy (non-hydrogen) atoms. The van der Waals surface area contributed by atoms with Gasteiger partial charge < -0.3 is 13.8 Å². The van der Waals surface area contributed by atoms with E-state index in [4.69, 9.17) is 25.8 Å². The molecule has 0 atom stereocenters. The molecule has 1 fully saturated rings. The third-order valence-electron chi connectivity index (χ3n) is 6.54. The summed E-state index contributed by atoms with van der Waals surface area (Å²) in [4.78, 5) is 9.34. The lowest BCUT2D eigenvalue weighted by Crippen LogP contribution is -2.09. The Kier molecular flexibility index (Phi) is 4.53. The zero-order valence-corrected chi connectivity index (χ0v) is 19.6. The number of halogens is 1. The highest BCUT2D eigenvalue weighted by atomic mass is 35.5. The number of hydrogen-bond acceptors (Lipinski definition) is 7. The molecule has 10 heteroatoms. The topological polar surface area (TPSA) is 96.7 Å². The summed E-state index contributed by atoms with van der Waals surface area (Å²) in [5, 5.41) is 14.0. The van der Waals surface area contributed by atoms with Gasteiger partial charge in [0.1, 0.15) is 23.6 Å². The highest BCUT2D eigenvalue weighted by Gasteiger charge is 2.32. The highest BCUT2D eigenvalue weighted by Crippen LogP contribution is 2.40. The summed E-state index contributed by atoms with van der Waals surface area (Å²) in [6.07, 6.45) is 4.58. The average Bonchev–Trinajstić information content (AvgIpc) is 3.31. The first-order valence-electron chi connectivity index (χ1n) is 11.4. The van der Waals surface area contributed by atoms with Crippen molar-refractivity contribution in [1.82, 2.24) is 34.5 Å². The lowest BCUT2D eigenvalue weighted by atomic mass is 10.1. The third-order valence-corrected chi connectivity index (χ3v) is 6.77. The van der Waals surface area contributed by atoms with Gasteiger partial charge in [0.05, 0.1) is 25.0 Å². The molecule has 1 aliphatic heterocycles. The summed E-state index contributed by atoms with van der Waals surface area (Å²) in [6.45, 7) is 0.497. The van der Waals surface area contributed by atoms with Crippen LogP contribution in [-0.4, -0.2) is 41.6 Å². The molecule has 1 aliphatic carbocycles. The van der Waals surface area contributed by atoms with Crippen LogP contribution in [0.4, 0.5) is 0 Å². The van der Waals surface area contributed by atoms with Gasteiger partial charge in [-0.3, -0.25) is 4.57 Å². The quantitative estimate of drug-likeness (QED) is 0.350. The Labute approximate surface area is 205 Å². The normalized spacial score (nSPS) is 14.2. The van der Waals surface area contributed by atoms with Crippen LogP contribution >= 0.6 is 11.6 Å². The van der Waals surface area contributed by atoms with Gasteiger partial charge in [-0.2, -0.15) is 4.98 Å². The fourth-order valence-electron chi connectivity index (χ4n) is 4.59. The lowest BCUT2D eigenvalue weighted by molar-refractivity contribution is 0.380. The minimum atomic E-state index is 0.374. The summed E-state index contributed by atoms with van der Waals surface area (Å²) < 4.78 is 15.1. The summed E-state index contributed by atoms with van der Waals surface area (Å²) >= 11 is 6.40. The van der Waals surface area contributed by atoms with Gasteiger partial charge in [0, 0.05) is 22.9 Å².